The Morgan fingerprint density at radius 3 is 3.10 bits per heavy atom. The van der Waals surface area contributed by atoms with Crippen molar-refractivity contribution < 1.29 is 14.3 Å². The van der Waals surface area contributed by atoms with Gasteiger partial charge in [-0.1, -0.05) is 12.1 Å². The minimum absolute atomic E-state index is 0.0176. The van der Waals surface area contributed by atoms with Crippen LogP contribution in [0.15, 0.2) is 24.3 Å². The molecule has 1 unspecified atom stereocenters. The van der Waals surface area contributed by atoms with E-state index < -0.39 is 0 Å². The Labute approximate surface area is 118 Å². The molecule has 2 aliphatic heterocycles. The number of carbonyl (C=O) groups is 1. The summed E-state index contributed by atoms with van der Waals surface area (Å²) in [6.45, 7) is 3.67. The number of para-hydroxylation sites is 2. The number of amides is 1. The van der Waals surface area contributed by atoms with E-state index in [1.54, 1.807) is 0 Å². The fourth-order valence-electron chi connectivity index (χ4n) is 2.67. The average molecular weight is 276 g/mol. The fourth-order valence-corrected chi connectivity index (χ4v) is 2.67. The molecule has 108 valence electrons. The molecule has 1 amide bonds. The predicted octanol–water partition coefficient (Wildman–Crippen LogP) is 1.18. The maximum absolute atomic E-state index is 11.9. The first-order chi connectivity index (χ1) is 9.84. The standard InChI is InChI=1S/C15H20N2O3/c18-15(14-6-3-10-19-14)16-7-8-17-9-11-20-13-5-2-1-4-12(13)17/h1-2,4-5,14H,3,6-11H2,(H,16,18). The van der Waals surface area contributed by atoms with Gasteiger partial charge in [-0.2, -0.15) is 0 Å². The van der Waals surface area contributed by atoms with Gasteiger partial charge in [0.15, 0.2) is 0 Å². The smallest absolute Gasteiger partial charge is 0.249 e. The topological polar surface area (TPSA) is 50.8 Å². The molecule has 0 spiro atoms. The van der Waals surface area contributed by atoms with Gasteiger partial charge in [0, 0.05) is 19.7 Å². The van der Waals surface area contributed by atoms with E-state index in [9.17, 15) is 4.79 Å². The van der Waals surface area contributed by atoms with Crippen molar-refractivity contribution in [1.82, 2.24) is 5.32 Å². The van der Waals surface area contributed by atoms with Crippen LogP contribution < -0.4 is 15.0 Å². The Morgan fingerprint density at radius 1 is 1.35 bits per heavy atom. The van der Waals surface area contributed by atoms with Crippen LogP contribution in [0.25, 0.3) is 0 Å². The van der Waals surface area contributed by atoms with Crippen LogP contribution in [0.5, 0.6) is 5.75 Å². The highest BCUT2D eigenvalue weighted by atomic mass is 16.5. The van der Waals surface area contributed by atoms with Gasteiger partial charge < -0.3 is 19.7 Å². The van der Waals surface area contributed by atoms with Crippen molar-refractivity contribution >= 4 is 11.6 Å². The highest BCUT2D eigenvalue weighted by Crippen LogP contribution is 2.30. The van der Waals surface area contributed by atoms with Crippen molar-refractivity contribution in [1.29, 1.82) is 0 Å². The molecule has 1 N–H and O–H groups in total. The predicted molar refractivity (Wildman–Crippen MR) is 76.1 cm³/mol. The molecule has 3 rings (SSSR count). The molecule has 1 fully saturated rings. The van der Waals surface area contributed by atoms with Crippen LogP contribution in [0.2, 0.25) is 0 Å². The van der Waals surface area contributed by atoms with Gasteiger partial charge in [-0.25, -0.2) is 0 Å². The molecular weight excluding hydrogens is 256 g/mol. The third-order valence-electron chi connectivity index (χ3n) is 3.73. The molecule has 1 aromatic rings. The first kappa shape index (κ1) is 13.2. The summed E-state index contributed by atoms with van der Waals surface area (Å²) in [6, 6.07) is 8.01. The number of nitrogens with zero attached hydrogens (tertiary/aromatic N) is 1. The number of hydrogen-bond donors (Lipinski definition) is 1. The fraction of sp³-hybridized carbons (Fsp3) is 0.533. The monoisotopic (exact) mass is 276 g/mol. The van der Waals surface area contributed by atoms with Gasteiger partial charge in [-0.3, -0.25) is 4.79 Å². The third-order valence-corrected chi connectivity index (χ3v) is 3.73. The Balaban J connectivity index is 1.50. The maximum atomic E-state index is 11.9. The summed E-state index contributed by atoms with van der Waals surface area (Å²) in [6.07, 6.45) is 1.58. The number of benzene rings is 1. The lowest BCUT2D eigenvalue weighted by atomic mass is 10.2. The Kier molecular flexibility index (Phi) is 4.06. The second-order valence-corrected chi connectivity index (χ2v) is 5.10. The summed E-state index contributed by atoms with van der Waals surface area (Å²) in [5.74, 6) is 0.938. The van der Waals surface area contributed by atoms with E-state index >= 15 is 0 Å². The highest BCUT2D eigenvalue weighted by Gasteiger charge is 2.23. The molecule has 5 heteroatoms. The summed E-state index contributed by atoms with van der Waals surface area (Å²) >= 11 is 0. The average Bonchev–Trinajstić information content (AvgIpc) is 3.02. The van der Waals surface area contributed by atoms with Gasteiger partial charge in [0.1, 0.15) is 18.5 Å². The third kappa shape index (κ3) is 2.88. The summed E-state index contributed by atoms with van der Waals surface area (Å²) in [5.41, 5.74) is 1.10. The molecule has 0 radical (unpaired) electrons. The van der Waals surface area contributed by atoms with E-state index in [1.807, 2.05) is 18.2 Å². The SMILES string of the molecule is O=C(NCCN1CCOc2ccccc21)C1CCCO1. The molecule has 20 heavy (non-hydrogen) atoms. The molecular formula is C15H20N2O3. The first-order valence-electron chi connectivity index (χ1n) is 7.21. The van der Waals surface area contributed by atoms with Crippen molar-refractivity contribution in [2.24, 2.45) is 0 Å². The molecule has 2 aliphatic rings. The number of carbonyl (C=O) groups excluding carboxylic acids is 1. The number of fused-ring (bicyclic) bond motifs is 1. The minimum Gasteiger partial charge on any atom is -0.490 e. The molecule has 1 atom stereocenters. The lowest BCUT2D eigenvalue weighted by molar-refractivity contribution is -0.129. The van der Waals surface area contributed by atoms with Gasteiger partial charge >= 0.3 is 0 Å². The molecule has 5 nitrogen and oxygen atoms in total. The molecule has 0 bridgehead atoms. The van der Waals surface area contributed by atoms with Crippen LogP contribution in [0.1, 0.15) is 12.8 Å². The van der Waals surface area contributed by atoms with Crippen molar-refractivity contribution in [3.05, 3.63) is 24.3 Å². The normalized spacial score (nSPS) is 21.2. The number of nitrogens with one attached hydrogen (secondary N) is 1. The molecule has 0 aromatic heterocycles. The molecule has 2 heterocycles. The van der Waals surface area contributed by atoms with E-state index in [0.29, 0.717) is 19.8 Å². The number of rotatable bonds is 4. The summed E-state index contributed by atoms with van der Waals surface area (Å²) in [4.78, 5) is 14.1. The second-order valence-electron chi connectivity index (χ2n) is 5.10. The van der Waals surface area contributed by atoms with Gasteiger partial charge in [-0.05, 0) is 25.0 Å². The number of ether oxygens (including phenoxy) is 2. The van der Waals surface area contributed by atoms with E-state index in [0.717, 1.165) is 37.4 Å². The van der Waals surface area contributed by atoms with E-state index in [-0.39, 0.29) is 12.0 Å². The summed E-state index contributed by atoms with van der Waals surface area (Å²) in [5, 5.41) is 2.96. The van der Waals surface area contributed by atoms with Crippen LogP contribution in [0.3, 0.4) is 0 Å². The van der Waals surface area contributed by atoms with Gasteiger partial charge in [0.25, 0.3) is 0 Å². The minimum atomic E-state index is -0.244. The lowest BCUT2D eigenvalue weighted by Gasteiger charge is -2.31. The van der Waals surface area contributed by atoms with Crippen LogP contribution in [-0.4, -0.2) is 44.9 Å². The van der Waals surface area contributed by atoms with Crippen LogP contribution in [0.4, 0.5) is 5.69 Å². The maximum Gasteiger partial charge on any atom is 0.249 e. The van der Waals surface area contributed by atoms with Crippen molar-refractivity contribution in [2.75, 3.05) is 37.7 Å². The van der Waals surface area contributed by atoms with E-state index in [1.165, 1.54) is 0 Å². The Morgan fingerprint density at radius 2 is 2.25 bits per heavy atom. The number of hydrogen-bond acceptors (Lipinski definition) is 4. The largest absolute Gasteiger partial charge is 0.490 e. The van der Waals surface area contributed by atoms with Gasteiger partial charge in [0.05, 0.1) is 12.2 Å². The molecule has 1 aromatic carbocycles. The Hall–Kier alpha value is -1.75. The zero-order chi connectivity index (χ0) is 13.8. The lowest BCUT2D eigenvalue weighted by Crippen LogP contribution is -2.42. The van der Waals surface area contributed by atoms with Crippen LogP contribution >= 0.6 is 0 Å². The quantitative estimate of drug-likeness (QED) is 0.897. The Bertz CT molecular complexity index is 472. The van der Waals surface area contributed by atoms with E-state index in [4.69, 9.17) is 9.47 Å². The van der Waals surface area contributed by atoms with Crippen LogP contribution in [0, 0.1) is 0 Å². The summed E-state index contributed by atoms with van der Waals surface area (Å²) < 4.78 is 11.0. The van der Waals surface area contributed by atoms with Crippen molar-refractivity contribution in [2.45, 2.75) is 18.9 Å². The zero-order valence-corrected chi connectivity index (χ0v) is 11.5. The summed E-state index contributed by atoms with van der Waals surface area (Å²) in [7, 11) is 0. The van der Waals surface area contributed by atoms with Gasteiger partial charge in [0.2, 0.25) is 5.91 Å². The molecule has 0 aliphatic carbocycles. The highest BCUT2D eigenvalue weighted by molar-refractivity contribution is 5.81. The van der Waals surface area contributed by atoms with Gasteiger partial charge in [-0.15, -0.1) is 0 Å². The van der Waals surface area contributed by atoms with Crippen LogP contribution in [-0.2, 0) is 9.53 Å². The zero-order valence-electron chi connectivity index (χ0n) is 11.5. The van der Waals surface area contributed by atoms with E-state index in [2.05, 4.69) is 16.3 Å². The molecule has 1 saturated heterocycles. The number of anilines is 1. The van der Waals surface area contributed by atoms with Crippen molar-refractivity contribution in [3.8, 4) is 5.75 Å². The van der Waals surface area contributed by atoms with Crippen molar-refractivity contribution in [3.63, 3.8) is 0 Å². The first-order valence-corrected chi connectivity index (χ1v) is 7.21. The second kappa shape index (κ2) is 6.13. The molecule has 0 saturated carbocycles.